The summed E-state index contributed by atoms with van der Waals surface area (Å²) in [7, 11) is 0. The highest BCUT2D eigenvalue weighted by atomic mass is 19.3. The number of amides is 1. The van der Waals surface area contributed by atoms with E-state index >= 15 is 0 Å². The van der Waals surface area contributed by atoms with Crippen molar-refractivity contribution in [3.8, 4) is 5.75 Å². The third-order valence-corrected chi connectivity index (χ3v) is 3.95. The van der Waals surface area contributed by atoms with E-state index in [1.54, 1.807) is 35.2 Å². The molecule has 7 heteroatoms. The number of aromatic nitrogens is 2. The molecule has 1 N–H and O–H groups in total. The number of nitrogens with one attached hydrogen (secondary N) is 1. The minimum Gasteiger partial charge on any atom is -0.435 e. The van der Waals surface area contributed by atoms with Crippen LogP contribution in [0.2, 0.25) is 0 Å². The fourth-order valence-electron chi connectivity index (χ4n) is 2.53. The average Bonchev–Trinajstić information content (AvgIpc) is 3.09. The largest absolute Gasteiger partial charge is 0.435 e. The second-order valence-corrected chi connectivity index (χ2v) is 6.13. The zero-order valence-electron chi connectivity index (χ0n) is 15.2. The van der Waals surface area contributed by atoms with Crippen LogP contribution < -0.4 is 10.1 Å². The minimum atomic E-state index is -2.86. The lowest BCUT2D eigenvalue weighted by molar-refractivity contribution is -0.111. The second kappa shape index (κ2) is 8.94. The number of anilines is 1. The highest BCUT2D eigenvalue weighted by Crippen LogP contribution is 2.16. The van der Waals surface area contributed by atoms with Gasteiger partial charge in [-0.2, -0.15) is 13.9 Å². The van der Waals surface area contributed by atoms with Gasteiger partial charge >= 0.3 is 6.61 Å². The average molecular weight is 383 g/mol. The van der Waals surface area contributed by atoms with E-state index < -0.39 is 6.61 Å². The van der Waals surface area contributed by atoms with Crippen LogP contribution in [-0.2, 0) is 11.3 Å². The van der Waals surface area contributed by atoms with Crippen molar-refractivity contribution in [1.29, 1.82) is 0 Å². The van der Waals surface area contributed by atoms with Crippen molar-refractivity contribution in [3.05, 3.63) is 83.6 Å². The molecule has 1 amide bonds. The molecule has 2 aromatic carbocycles. The van der Waals surface area contributed by atoms with Crippen molar-refractivity contribution in [2.24, 2.45) is 0 Å². The summed E-state index contributed by atoms with van der Waals surface area (Å²) >= 11 is 0. The zero-order chi connectivity index (χ0) is 19.9. The second-order valence-electron chi connectivity index (χ2n) is 6.13. The van der Waals surface area contributed by atoms with Crippen LogP contribution in [0.4, 0.5) is 14.6 Å². The fraction of sp³-hybridized carbons (Fsp3) is 0.143. The fourth-order valence-corrected chi connectivity index (χ4v) is 2.53. The first-order valence-electron chi connectivity index (χ1n) is 8.61. The smallest absolute Gasteiger partial charge is 0.387 e. The number of nitrogens with zero attached hydrogens (tertiary/aromatic N) is 2. The summed E-state index contributed by atoms with van der Waals surface area (Å²) in [4.78, 5) is 12.2. The Balaban J connectivity index is 1.60. The molecule has 0 atom stereocenters. The number of carbonyl (C=O) groups is 1. The van der Waals surface area contributed by atoms with Crippen molar-refractivity contribution in [2.45, 2.75) is 20.1 Å². The maximum Gasteiger partial charge on any atom is 0.387 e. The van der Waals surface area contributed by atoms with Crippen LogP contribution in [0.25, 0.3) is 6.08 Å². The van der Waals surface area contributed by atoms with E-state index in [0.717, 1.165) is 5.56 Å². The molecule has 0 spiro atoms. The molecule has 3 rings (SSSR count). The van der Waals surface area contributed by atoms with Gasteiger partial charge in [0.25, 0.3) is 0 Å². The molecule has 0 aliphatic rings. The number of halogens is 2. The molecule has 28 heavy (non-hydrogen) atoms. The molecule has 0 aliphatic carbocycles. The van der Waals surface area contributed by atoms with Gasteiger partial charge in [-0.25, -0.2) is 4.68 Å². The SMILES string of the molecule is Cc1ccc(Cn2nccc2NC(=O)/C=C/c2ccc(OC(F)F)cc2)cc1. The molecule has 0 saturated carbocycles. The first-order chi connectivity index (χ1) is 13.5. The maximum absolute atomic E-state index is 12.2. The molecule has 1 heterocycles. The monoisotopic (exact) mass is 383 g/mol. The summed E-state index contributed by atoms with van der Waals surface area (Å²) in [6.45, 7) is -0.301. The molecule has 0 aliphatic heterocycles. The van der Waals surface area contributed by atoms with Crippen LogP contribution >= 0.6 is 0 Å². The van der Waals surface area contributed by atoms with E-state index in [1.165, 1.54) is 23.8 Å². The first-order valence-corrected chi connectivity index (χ1v) is 8.61. The summed E-state index contributed by atoms with van der Waals surface area (Å²) in [6, 6.07) is 15.8. The molecular formula is C21H19F2N3O2. The highest BCUT2D eigenvalue weighted by Gasteiger charge is 2.06. The summed E-state index contributed by atoms with van der Waals surface area (Å²) in [5.41, 5.74) is 2.94. The standard InChI is InChI=1S/C21H19F2N3O2/c1-15-2-4-17(5-3-15)14-26-19(12-13-24-26)25-20(27)11-8-16-6-9-18(10-7-16)28-21(22)23/h2-13,21H,14H2,1H3,(H,25,27)/b11-8+. The Labute approximate surface area is 161 Å². The first kappa shape index (κ1) is 19.3. The van der Waals surface area contributed by atoms with E-state index in [0.29, 0.717) is 17.9 Å². The summed E-state index contributed by atoms with van der Waals surface area (Å²) in [5, 5.41) is 7.02. The highest BCUT2D eigenvalue weighted by molar-refractivity contribution is 6.01. The molecular weight excluding hydrogens is 364 g/mol. The molecule has 0 saturated heterocycles. The molecule has 0 bridgehead atoms. The van der Waals surface area contributed by atoms with Crippen LogP contribution in [0, 0.1) is 6.92 Å². The normalized spacial score (nSPS) is 11.1. The minimum absolute atomic E-state index is 0.0663. The van der Waals surface area contributed by atoms with E-state index in [4.69, 9.17) is 0 Å². The van der Waals surface area contributed by atoms with Gasteiger partial charge in [0.15, 0.2) is 0 Å². The van der Waals surface area contributed by atoms with Gasteiger partial charge in [-0.3, -0.25) is 4.79 Å². The Hall–Kier alpha value is -3.48. The number of aryl methyl sites for hydroxylation is 1. The van der Waals surface area contributed by atoms with E-state index in [-0.39, 0.29) is 11.7 Å². The molecule has 0 unspecified atom stereocenters. The van der Waals surface area contributed by atoms with Gasteiger partial charge in [-0.05, 0) is 36.3 Å². The summed E-state index contributed by atoms with van der Waals surface area (Å²) in [6.07, 6.45) is 4.57. The van der Waals surface area contributed by atoms with E-state index in [9.17, 15) is 13.6 Å². The van der Waals surface area contributed by atoms with Gasteiger partial charge in [0.05, 0.1) is 12.7 Å². The number of carbonyl (C=O) groups excluding carboxylic acids is 1. The number of hydrogen-bond donors (Lipinski definition) is 1. The number of hydrogen-bond acceptors (Lipinski definition) is 3. The van der Waals surface area contributed by atoms with Crippen LogP contribution in [0.1, 0.15) is 16.7 Å². The van der Waals surface area contributed by atoms with Crippen molar-refractivity contribution < 1.29 is 18.3 Å². The predicted molar refractivity (Wildman–Crippen MR) is 103 cm³/mol. The lowest BCUT2D eigenvalue weighted by Crippen LogP contribution is -2.13. The van der Waals surface area contributed by atoms with Crippen molar-refractivity contribution in [1.82, 2.24) is 9.78 Å². The van der Waals surface area contributed by atoms with Crippen LogP contribution in [0.15, 0.2) is 66.9 Å². The third kappa shape index (κ3) is 5.51. The Morgan fingerprint density at radius 1 is 1.14 bits per heavy atom. The van der Waals surface area contributed by atoms with Gasteiger partial charge < -0.3 is 10.1 Å². The van der Waals surface area contributed by atoms with Crippen LogP contribution in [0.5, 0.6) is 5.75 Å². The van der Waals surface area contributed by atoms with Gasteiger partial charge in [0.1, 0.15) is 11.6 Å². The summed E-state index contributed by atoms with van der Waals surface area (Å²) < 4.78 is 30.3. The van der Waals surface area contributed by atoms with E-state index in [2.05, 4.69) is 15.2 Å². The molecule has 144 valence electrons. The lowest BCUT2D eigenvalue weighted by atomic mass is 10.1. The topological polar surface area (TPSA) is 56.2 Å². The molecule has 0 fully saturated rings. The molecule has 3 aromatic rings. The van der Waals surface area contributed by atoms with Crippen LogP contribution in [-0.4, -0.2) is 22.3 Å². The Morgan fingerprint density at radius 3 is 2.54 bits per heavy atom. The lowest BCUT2D eigenvalue weighted by Gasteiger charge is -2.08. The van der Waals surface area contributed by atoms with Crippen molar-refractivity contribution in [2.75, 3.05) is 5.32 Å². The van der Waals surface area contributed by atoms with Crippen LogP contribution in [0.3, 0.4) is 0 Å². The quantitative estimate of drug-likeness (QED) is 0.612. The van der Waals surface area contributed by atoms with Gasteiger partial charge in [0, 0.05) is 12.1 Å². The van der Waals surface area contributed by atoms with Crippen molar-refractivity contribution >= 4 is 17.8 Å². The third-order valence-electron chi connectivity index (χ3n) is 3.95. The molecule has 0 radical (unpaired) electrons. The van der Waals surface area contributed by atoms with E-state index in [1.807, 2.05) is 31.2 Å². The number of benzene rings is 2. The predicted octanol–water partition coefficient (Wildman–Crippen LogP) is 4.49. The number of ether oxygens (including phenoxy) is 1. The Kier molecular flexibility index (Phi) is 6.16. The summed E-state index contributed by atoms with van der Waals surface area (Å²) in [5.74, 6) is 0.325. The van der Waals surface area contributed by atoms with Crippen molar-refractivity contribution in [3.63, 3.8) is 0 Å². The molecule has 5 nitrogen and oxygen atoms in total. The Bertz CT molecular complexity index is 949. The van der Waals surface area contributed by atoms with Gasteiger partial charge in [0.2, 0.25) is 5.91 Å². The molecule has 1 aromatic heterocycles. The Morgan fingerprint density at radius 2 is 1.86 bits per heavy atom. The zero-order valence-corrected chi connectivity index (χ0v) is 15.2. The van der Waals surface area contributed by atoms with Gasteiger partial charge in [-0.15, -0.1) is 0 Å². The number of rotatable bonds is 7. The van der Waals surface area contributed by atoms with Gasteiger partial charge in [-0.1, -0.05) is 42.0 Å². The number of alkyl halides is 2. The maximum atomic E-state index is 12.2.